The number of nitrogens with zero attached hydrogens (tertiary/aromatic N) is 4. The van der Waals surface area contributed by atoms with Crippen molar-refractivity contribution in [3.8, 4) is 11.4 Å². The van der Waals surface area contributed by atoms with Gasteiger partial charge in [0.2, 0.25) is 11.7 Å². The van der Waals surface area contributed by atoms with E-state index >= 15 is 0 Å². The van der Waals surface area contributed by atoms with Crippen molar-refractivity contribution in [3.05, 3.63) is 71.3 Å². The highest BCUT2D eigenvalue weighted by molar-refractivity contribution is 6.16. The number of para-hydroxylation sites is 1. The zero-order chi connectivity index (χ0) is 26.1. The van der Waals surface area contributed by atoms with Crippen LogP contribution in [-0.4, -0.2) is 53.2 Å². The number of ether oxygens (including phenoxy) is 1. The number of ketones is 1. The van der Waals surface area contributed by atoms with Gasteiger partial charge in [-0.15, -0.1) is 0 Å². The van der Waals surface area contributed by atoms with Crippen LogP contribution in [0.1, 0.15) is 37.8 Å². The molecule has 1 amide bonds. The highest BCUT2D eigenvalue weighted by atomic mass is 16.5. The van der Waals surface area contributed by atoms with Gasteiger partial charge in [-0.25, -0.2) is 0 Å². The molecule has 1 fully saturated rings. The summed E-state index contributed by atoms with van der Waals surface area (Å²) in [5.41, 5.74) is 3.11. The Labute approximate surface area is 215 Å². The third kappa shape index (κ3) is 4.74. The molecule has 1 N–H and O–H groups in total. The van der Waals surface area contributed by atoms with Crippen LogP contribution < -0.4 is 9.80 Å². The molecule has 37 heavy (non-hydrogen) atoms. The number of aromatic nitrogens is 2. The maximum absolute atomic E-state index is 13.5. The summed E-state index contributed by atoms with van der Waals surface area (Å²) in [4.78, 5) is 34.9. The number of morpholine rings is 1. The van der Waals surface area contributed by atoms with Crippen molar-refractivity contribution in [1.82, 2.24) is 10.1 Å². The number of anilines is 2. The molecule has 5 rings (SSSR count). The van der Waals surface area contributed by atoms with E-state index in [-0.39, 0.29) is 23.7 Å². The van der Waals surface area contributed by atoms with Gasteiger partial charge in [-0.2, -0.15) is 4.98 Å². The lowest BCUT2D eigenvalue weighted by Gasteiger charge is -2.34. The minimum Gasteiger partial charge on any atom is -0.503 e. The monoisotopic (exact) mass is 502 g/mol. The Morgan fingerprint density at radius 1 is 1.11 bits per heavy atom. The Morgan fingerprint density at radius 3 is 2.46 bits per heavy atom. The molecule has 0 spiro atoms. The van der Waals surface area contributed by atoms with Gasteiger partial charge < -0.3 is 19.3 Å². The number of carbonyl (C=O) groups is 2. The number of aliphatic hydroxyl groups excluding tert-OH is 1. The van der Waals surface area contributed by atoms with Crippen molar-refractivity contribution in [1.29, 1.82) is 0 Å². The molecule has 0 saturated carbocycles. The molecule has 2 aromatic carbocycles. The zero-order valence-corrected chi connectivity index (χ0v) is 21.2. The summed E-state index contributed by atoms with van der Waals surface area (Å²) in [5.74, 6) is -0.355. The van der Waals surface area contributed by atoms with Crippen molar-refractivity contribution in [2.45, 2.75) is 33.2 Å². The zero-order valence-electron chi connectivity index (χ0n) is 21.2. The molecule has 0 radical (unpaired) electrons. The summed E-state index contributed by atoms with van der Waals surface area (Å²) in [6.07, 6.45) is 0.229. The van der Waals surface area contributed by atoms with Crippen LogP contribution in [-0.2, 0) is 14.3 Å². The summed E-state index contributed by atoms with van der Waals surface area (Å²) < 4.78 is 10.6. The molecule has 1 saturated heterocycles. The van der Waals surface area contributed by atoms with Gasteiger partial charge in [0.25, 0.3) is 5.91 Å². The number of Topliss-reactive ketones (excluding diaryl/α,β-unsaturated/α-hetero) is 1. The van der Waals surface area contributed by atoms with Gasteiger partial charge in [0.05, 0.1) is 24.8 Å². The van der Waals surface area contributed by atoms with Crippen LogP contribution in [0.25, 0.3) is 11.4 Å². The summed E-state index contributed by atoms with van der Waals surface area (Å²) in [7, 11) is 0. The molecule has 0 aliphatic carbocycles. The van der Waals surface area contributed by atoms with Gasteiger partial charge in [-0.3, -0.25) is 14.5 Å². The second kappa shape index (κ2) is 10.2. The largest absolute Gasteiger partial charge is 0.503 e. The Balaban J connectivity index is 1.60. The Hall–Kier alpha value is -3.98. The van der Waals surface area contributed by atoms with E-state index in [1.54, 1.807) is 31.2 Å². The molecule has 2 aliphatic rings. The lowest BCUT2D eigenvalue weighted by atomic mass is 9.90. The smallest absolute Gasteiger partial charge is 0.294 e. The predicted octanol–water partition coefficient (Wildman–Crippen LogP) is 4.40. The normalized spacial score (nSPS) is 18.3. The molecular weight excluding hydrogens is 472 g/mol. The lowest BCUT2D eigenvalue weighted by Crippen LogP contribution is -2.38. The average molecular weight is 503 g/mol. The minimum atomic E-state index is -0.768. The SMILES string of the molecule is Cc1nc(-c2ccc(N3C(=O)C(O)=C(C(=O)CC(C)C)C3c3ccccc3N3CCOCC3)cc2)no1. The first kappa shape index (κ1) is 24.7. The number of aryl methyl sites for hydroxylation is 1. The summed E-state index contributed by atoms with van der Waals surface area (Å²) in [6.45, 7) is 8.19. The molecule has 0 bridgehead atoms. The van der Waals surface area contributed by atoms with E-state index in [9.17, 15) is 14.7 Å². The van der Waals surface area contributed by atoms with Crippen molar-refractivity contribution >= 4 is 23.1 Å². The van der Waals surface area contributed by atoms with Gasteiger partial charge in [0.1, 0.15) is 0 Å². The van der Waals surface area contributed by atoms with Crippen molar-refractivity contribution in [2.24, 2.45) is 5.92 Å². The number of amides is 1. The first-order chi connectivity index (χ1) is 17.8. The molecule has 1 unspecified atom stereocenters. The summed E-state index contributed by atoms with van der Waals surface area (Å²) >= 11 is 0. The topological polar surface area (TPSA) is 109 Å². The molecule has 1 aromatic heterocycles. The number of aliphatic hydroxyl groups is 1. The van der Waals surface area contributed by atoms with E-state index < -0.39 is 17.7 Å². The second-order valence-corrected chi connectivity index (χ2v) is 9.70. The van der Waals surface area contributed by atoms with Crippen LogP contribution in [0.15, 0.2) is 64.4 Å². The van der Waals surface area contributed by atoms with Crippen molar-refractivity contribution in [3.63, 3.8) is 0 Å². The number of hydrogen-bond donors (Lipinski definition) is 1. The average Bonchev–Trinajstić information content (AvgIpc) is 3.45. The standard InChI is InChI=1S/C28H30N4O5/c1-17(2)16-23(33)24-25(21-6-4-5-7-22(21)31-12-14-36-15-13-31)32(28(35)26(24)34)20-10-8-19(9-11-20)27-29-18(3)37-30-27/h4-11,17,25,34H,12-16H2,1-3H3. The highest BCUT2D eigenvalue weighted by Gasteiger charge is 2.45. The van der Waals surface area contributed by atoms with Crippen LogP contribution >= 0.6 is 0 Å². The molecule has 9 nitrogen and oxygen atoms in total. The fourth-order valence-electron chi connectivity index (χ4n) is 4.93. The van der Waals surface area contributed by atoms with Crippen LogP contribution in [0.4, 0.5) is 11.4 Å². The van der Waals surface area contributed by atoms with Crippen molar-refractivity contribution < 1.29 is 24.0 Å². The Kier molecular flexibility index (Phi) is 6.80. The van der Waals surface area contributed by atoms with Gasteiger partial charge >= 0.3 is 0 Å². The van der Waals surface area contributed by atoms with Crippen LogP contribution in [0.2, 0.25) is 0 Å². The van der Waals surface area contributed by atoms with E-state index in [1.807, 2.05) is 38.1 Å². The molecular formula is C28H30N4O5. The summed E-state index contributed by atoms with van der Waals surface area (Å²) in [6, 6.07) is 14.1. The van der Waals surface area contributed by atoms with E-state index in [0.29, 0.717) is 43.7 Å². The second-order valence-electron chi connectivity index (χ2n) is 9.70. The molecule has 192 valence electrons. The first-order valence-corrected chi connectivity index (χ1v) is 12.5. The highest BCUT2D eigenvalue weighted by Crippen LogP contribution is 2.45. The summed E-state index contributed by atoms with van der Waals surface area (Å²) in [5, 5.41) is 15.0. The van der Waals surface area contributed by atoms with E-state index in [2.05, 4.69) is 15.0 Å². The maximum Gasteiger partial charge on any atom is 0.294 e. The molecule has 3 heterocycles. The third-order valence-electron chi connectivity index (χ3n) is 6.62. The van der Waals surface area contributed by atoms with Gasteiger partial charge in [-0.1, -0.05) is 37.2 Å². The quantitative estimate of drug-likeness (QED) is 0.507. The lowest BCUT2D eigenvalue weighted by molar-refractivity contribution is -0.118. The van der Waals surface area contributed by atoms with Gasteiger partial charge in [0.15, 0.2) is 11.5 Å². The van der Waals surface area contributed by atoms with Gasteiger partial charge in [0, 0.05) is 48.9 Å². The van der Waals surface area contributed by atoms with Crippen LogP contribution in [0.5, 0.6) is 0 Å². The van der Waals surface area contributed by atoms with Crippen LogP contribution in [0, 0.1) is 12.8 Å². The van der Waals surface area contributed by atoms with E-state index in [1.165, 1.54) is 4.90 Å². The number of carbonyl (C=O) groups excluding carboxylic acids is 2. The maximum atomic E-state index is 13.5. The van der Waals surface area contributed by atoms with E-state index in [4.69, 9.17) is 9.26 Å². The molecule has 1 atom stereocenters. The fourth-order valence-corrected chi connectivity index (χ4v) is 4.93. The predicted molar refractivity (Wildman–Crippen MR) is 138 cm³/mol. The number of benzene rings is 2. The minimum absolute atomic E-state index is 0.0739. The fraction of sp³-hybridized carbons (Fsp3) is 0.357. The molecule has 2 aliphatic heterocycles. The number of rotatable bonds is 7. The van der Waals surface area contributed by atoms with Crippen molar-refractivity contribution in [2.75, 3.05) is 36.1 Å². The Morgan fingerprint density at radius 2 is 1.81 bits per heavy atom. The van der Waals surface area contributed by atoms with E-state index in [0.717, 1.165) is 16.8 Å². The number of hydrogen-bond acceptors (Lipinski definition) is 8. The molecule has 9 heteroatoms. The Bertz CT molecular complexity index is 1340. The third-order valence-corrected chi connectivity index (χ3v) is 6.62. The first-order valence-electron chi connectivity index (χ1n) is 12.5. The molecule has 3 aromatic rings. The van der Waals surface area contributed by atoms with Crippen LogP contribution in [0.3, 0.4) is 0 Å². The van der Waals surface area contributed by atoms with Gasteiger partial charge in [-0.05, 0) is 36.2 Å².